The zero-order chi connectivity index (χ0) is 17.5. The number of rotatable bonds is 7. The maximum absolute atomic E-state index is 12.0. The number of nitrogens with zero attached hydrogens (tertiary/aromatic N) is 2. The molecule has 0 fully saturated rings. The van der Waals surface area contributed by atoms with Crippen LogP contribution in [0.25, 0.3) is 0 Å². The highest BCUT2D eigenvalue weighted by atomic mass is 35.5. The molecule has 1 aromatic heterocycles. The van der Waals surface area contributed by atoms with Crippen LogP contribution in [0.4, 0.5) is 11.5 Å². The minimum absolute atomic E-state index is 0.258. The fourth-order valence-corrected chi connectivity index (χ4v) is 2.13. The number of halogens is 1. The van der Waals surface area contributed by atoms with Crippen molar-refractivity contribution in [3.05, 3.63) is 40.8 Å². The molecule has 0 bridgehead atoms. The van der Waals surface area contributed by atoms with Gasteiger partial charge in [0.25, 0.3) is 5.91 Å². The van der Waals surface area contributed by atoms with E-state index in [1.54, 1.807) is 26.4 Å². The van der Waals surface area contributed by atoms with Crippen molar-refractivity contribution in [1.29, 1.82) is 0 Å². The van der Waals surface area contributed by atoms with E-state index in [0.717, 1.165) is 5.56 Å². The topological polar surface area (TPSA) is 85.4 Å². The summed E-state index contributed by atoms with van der Waals surface area (Å²) in [4.78, 5) is 20.1. The maximum Gasteiger partial charge on any atom is 0.270 e. The number of hydrogen-bond acceptors (Lipinski definition) is 6. The van der Waals surface area contributed by atoms with Gasteiger partial charge in [0.2, 0.25) is 0 Å². The van der Waals surface area contributed by atoms with Crippen LogP contribution in [0, 0.1) is 6.92 Å². The molecule has 128 valence electrons. The first-order chi connectivity index (χ1) is 11.5. The Morgan fingerprint density at radius 1 is 1.25 bits per heavy atom. The lowest BCUT2D eigenvalue weighted by molar-refractivity contribution is 0.0932. The Morgan fingerprint density at radius 3 is 2.75 bits per heavy atom. The molecule has 8 heteroatoms. The Bertz CT molecular complexity index is 724. The molecule has 0 aliphatic rings. The van der Waals surface area contributed by atoms with Gasteiger partial charge in [0.15, 0.2) is 0 Å². The summed E-state index contributed by atoms with van der Waals surface area (Å²) in [6.45, 7) is 2.73. The lowest BCUT2D eigenvalue weighted by Gasteiger charge is -2.13. The van der Waals surface area contributed by atoms with E-state index in [0.29, 0.717) is 35.4 Å². The van der Waals surface area contributed by atoms with E-state index in [-0.39, 0.29) is 11.6 Å². The van der Waals surface area contributed by atoms with Crippen molar-refractivity contribution in [2.24, 2.45) is 0 Å². The summed E-state index contributed by atoms with van der Waals surface area (Å²) >= 11 is 6.10. The van der Waals surface area contributed by atoms with Gasteiger partial charge in [-0.25, -0.2) is 9.97 Å². The van der Waals surface area contributed by atoms with Crippen molar-refractivity contribution < 1.29 is 14.3 Å². The van der Waals surface area contributed by atoms with Gasteiger partial charge < -0.3 is 20.1 Å². The summed E-state index contributed by atoms with van der Waals surface area (Å²) in [6.07, 6.45) is 1.32. The molecular formula is C16H19ClN4O3. The third kappa shape index (κ3) is 4.56. The lowest BCUT2D eigenvalue weighted by atomic mass is 10.2. The van der Waals surface area contributed by atoms with E-state index < -0.39 is 0 Å². The Balaban J connectivity index is 2.18. The van der Waals surface area contributed by atoms with Gasteiger partial charge in [-0.15, -0.1) is 0 Å². The van der Waals surface area contributed by atoms with E-state index in [1.807, 2.05) is 13.0 Å². The van der Waals surface area contributed by atoms with Crippen molar-refractivity contribution in [1.82, 2.24) is 15.3 Å². The minimum Gasteiger partial charge on any atom is -0.495 e. The Labute approximate surface area is 145 Å². The summed E-state index contributed by atoms with van der Waals surface area (Å²) in [6, 6.07) is 5.13. The van der Waals surface area contributed by atoms with Crippen LogP contribution in [0.5, 0.6) is 5.75 Å². The number of hydrogen-bond donors (Lipinski definition) is 2. The molecule has 1 aromatic carbocycles. The molecule has 1 amide bonds. The second-order valence-corrected chi connectivity index (χ2v) is 5.37. The maximum atomic E-state index is 12.0. The highest BCUT2D eigenvalue weighted by Crippen LogP contribution is 2.32. The fraction of sp³-hybridized carbons (Fsp3) is 0.312. The van der Waals surface area contributed by atoms with E-state index in [1.165, 1.54) is 6.33 Å². The highest BCUT2D eigenvalue weighted by Gasteiger charge is 2.11. The number of carbonyl (C=O) groups excluding carboxylic acids is 1. The molecule has 2 rings (SSSR count). The van der Waals surface area contributed by atoms with E-state index in [4.69, 9.17) is 21.1 Å². The van der Waals surface area contributed by atoms with Crippen molar-refractivity contribution >= 4 is 29.0 Å². The molecule has 0 saturated heterocycles. The number of methoxy groups -OCH3 is 2. The van der Waals surface area contributed by atoms with Crippen LogP contribution in [-0.4, -0.2) is 43.2 Å². The van der Waals surface area contributed by atoms with Gasteiger partial charge in [-0.1, -0.05) is 11.6 Å². The van der Waals surface area contributed by atoms with Crippen LogP contribution in [0.3, 0.4) is 0 Å². The molecule has 0 aliphatic carbocycles. The van der Waals surface area contributed by atoms with Crippen molar-refractivity contribution in [3.63, 3.8) is 0 Å². The van der Waals surface area contributed by atoms with Crippen molar-refractivity contribution in [2.45, 2.75) is 6.92 Å². The summed E-state index contributed by atoms with van der Waals surface area (Å²) in [7, 11) is 3.13. The number of nitrogens with one attached hydrogen (secondary N) is 2. The van der Waals surface area contributed by atoms with Crippen LogP contribution in [0.1, 0.15) is 16.1 Å². The third-order valence-corrected chi connectivity index (χ3v) is 3.64. The quantitative estimate of drug-likeness (QED) is 0.746. The molecule has 2 aromatic rings. The number of aromatic nitrogens is 2. The van der Waals surface area contributed by atoms with Crippen molar-refractivity contribution in [3.8, 4) is 5.75 Å². The monoisotopic (exact) mass is 350 g/mol. The predicted molar refractivity (Wildman–Crippen MR) is 92.3 cm³/mol. The van der Waals surface area contributed by atoms with Crippen LogP contribution in [0.15, 0.2) is 24.5 Å². The second-order valence-electron chi connectivity index (χ2n) is 4.96. The fourth-order valence-electron chi connectivity index (χ4n) is 1.97. The van der Waals surface area contributed by atoms with Gasteiger partial charge in [0.05, 0.1) is 19.4 Å². The largest absolute Gasteiger partial charge is 0.495 e. The zero-order valence-corrected chi connectivity index (χ0v) is 14.5. The first-order valence-electron chi connectivity index (χ1n) is 7.25. The predicted octanol–water partition coefficient (Wildman–Crippen LogP) is 2.57. The Morgan fingerprint density at radius 2 is 2.04 bits per heavy atom. The van der Waals surface area contributed by atoms with Gasteiger partial charge >= 0.3 is 0 Å². The Kier molecular flexibility index (Phi) is 6.34. The number of aryl methyl sites for hydroxylation is 1. The summed E-state index contributed by atoms with van der Waals surface area (Å²) in [5.74, 6) is 0.758. The van der Waals surface area contributed by atoms with Gasteiger partial charge in [-0.2, -0.15) is 0 Å². The molecule has 0 unspecified atom stereocenters. The number of anilines is 2. The lowest BCUT2D eigenvalue weighted by Crippen LogP contribution is -2.27. The molecule has 0 aliphatic heterocycles. The summed E-state index contributed by atoms with van der Waals surface area (Å²) in [5.41, 5.74) is 1.85. The number of amides is 1. The highest BCUT2D eigenvalue weighted by molar-refractivity contribution is 6.31. The Hall–Kier alpha value is -2.38. The number of ether oxygens (including phenoxy) is 2. The molecule has 0 spiro atoms. The first kappa shape index (κ1) is 18.0. The summed E-state index contributed by atoms with van der Waals surface area (Å²) < 4.78 is 10.2. The molecule has 2 N–H and O–H groups in total. The van der Waals surface area contributed by atoms with Crippen LogP contribution in [-0.2, 0) is 4.74 Å². The van der Waals surface area contributed by atoms with Gasteiger partial charge in [-0.05, 0) is 18.6 Å². The minimum atomic E-state index is -0.295. The SMILES string of the molecule is COCCNC(=O)c1cc(Nc2cc(C)c(Cl)cc2OC)ncn1. The smallest absolute Gasteiger partial charge is 0.270 e. The molecule has 0 radical (unpaired) electrons. The summed E-state index contributed by atoms with van der Waals surface area (Å²) in [5, 5.41) is 6.43. The first-order valence-corrected chi connectivity index (χ1v) is 7.63. The van der Waals surface area contributed by atoms with Crippen LogP contribution < -0.4 is 15.4 Å². The van der Waals surface area contributed by atoms with E-state index >= 15 is 0 Å². The molecule has 1 heterocycles. The standard InChI is InChI=1S/C16H19ClN4O3/c1-10-6-12(14(24-3)7-11(10)17)21-15-8-13(19-9-20-15)16(22)18-4-5-23-2/h6-9H,4-5H2,1-3H3,(H,18,22)(H,19,20,21). The van der Waals surface area contributed by atoms with E-state index in [2.05, 4.69) is 20.6 Å². The van der Waals surface area contributed by atoms with Crippen LogP contribution >= 0.6 is 11.6 Å². The van der Waals surface area contributed by atoms with Crippen molar-refractivity contribution in [2.75, 3.05) is 32.7 Å². The molecule has 24 heavy (non-hydrogen) atoms. The normalized spacial score (nSPS) is 10.3. The zero-order valence-electron chi connectivity index (χ0n) is 13.7. The van der Waals surface area contributed by atoms with Crippen LogP contribution in [0.2, 0.25) is 5.02 Å². The van der Waals surface area contributed by atoms with Gasteiger partial charge in [-0.3, -0.25) is 4.79 Å². The molecule has 0 saturated carbocycles. The van der Waals surface area contributed by atoms with Gasteiger partial charge in [0.1, 0.15) is 23.6 Å². The average molecular weight is 351 g/mol. The average Bonchev–Trinajstić information content (AvgIpc) is 2.58. The number of carbonyl (C=O) groups is 1. The molecule has 7 nitrogen and oxygen atoms in total. The molecular weight excluding hydrogens is 332 g/mol. The second kappa shape index (κ2) is 8.47. The van der Waals surface area contributed by atoms with E-state index in [9.17, 15) is 4.79 Å². The van der Waals surface area contributed by atoms with Gasteiger partial charge in [0, 0.05) is 30.8 Å². The molecule has 0 atom stereocenters. The third-order valence-electron chi connectivity index (χ3n) is 3.23. The number of benzene rings is 1.